The summed E-state index contributed by atoms with van der Waals surface area (Å²) in [7, 11) is 1.62. The Morgan fingerprint density at radius 3 is 2.41 bits per heavy atom. The molecule has 0 fully saturated rings. The molecule has 0 saturated heterocycles. The van der Waals surface area contributed by atoms with E-state index in [1.54, 1.807) is 27.0 Å². The van der Waals surface area contributed by atoms with Crippen molar-refractivity contribution < 1.29 is 13.5 Å². The van der Waals surface area contributed by atoms with Gasteiger partial charge >= 0.3 is 0 Å². The van der Waals surface area contributed by atoms with Crippen LogP contribution in [0.3, 0.4) is 0 Å². The van der Waals surface area contributed by atoms with E-state index in [-0.39, 0.29) is 0 Å². The van der Waals surface area contributed by atoms with Crippen LogP contribution in [0.5, 0.6) is 5.75 Å². The molecule has 0 saturated carbocycles. The number of ether oxygens (including phenoxy) is 1. The number of methoxy groups -OCH3 is 1. The van der Waals surface area contributed by atoms with Crippen LogP contribution in [0, 0.1) is 18.6 Å². The first-order valence-corrected chi connectivity index (χ1v) is 9.95. The van der Waals surface area contributed by atoms with Crippen LogP contribution < -0.4 is 15.4 Å². The van der Waals surface area contributed by atoms with Gasteiger partial charge in [-0.1, -0.05) is 6.07 Å². The van der Waals surface area contributed by atoms with Crippen molar-refractivity contribution in [1.82, 2.24) is 20.2 Å². The van der Waals surface area contributed by atoms with Gasteiger partial charge in [0.15, 0.2) is 5.82 Å². The molecule has 2 heterocycles. The molecule has 1 atom stereocenters. The third-order valence-electron chi connectivity index (χ3n) is 4.87. The van der Waals surface area contributed by atoms with Crippen molar-refractivity contribution in [2.45, 2.75) is 19.9 Å². The van der Waals surface area contributed by atoms with E-state index in [2.05, 4.69) is 30.8 Å². The van der Waals surface area contributed by atoms with Crippen molar-refractivity contribution in [2.24, 2.45) is 0 Å². The van der Waals surface area contributed by atoms with Gasteiger partial charge in [-0.15, -0.1) is 0 Å². The van der Waals surface area contributed by atoms with E-state index in [0.717, 1.165) is 23.1 Å². The average molecular weight is 436 g/mol. The smallest absolute Gasteiger partial charge is 0.153 e. The number of hydrogen-bond donors (Lipinski definition) is 3. The van der Waals surface area contributed by atoms with Crippen LogP contribution in [-0.4, -0.2) is 27.3 Å². The summed E-state index contributed by atoms with van der Waals surface area (Å²) < 4.78 is 32.5. The Labute approximate surface area is 183 Å². The Bertz CT molecular complexity index is 1230. The van der Waals surface area contributed by atoms with Crippen molar-refractivity contribution in [3.05, 3.63) is 77.6 Å². The molecule has 0 aliphatic heterocycles. The average Bonchev–Trinajstić information content (AvgIpc) is 3.21. The number of halogens is 2. The predicted molar refractivity (Wildman–Crippen MR) is 119 cm³/mol. The highest BCUT2D eigenvalue weighted by molar-refractivity contribution is 5.66. The number of aryl methyl sites for hydroxylation is 1. The van der Waals surface area contributed by atoms with Crippen LogP contribution in [0.15, 0.2) is 54.6 Å². The molecule has 1 unspecified atom stereocenters. The molecule has 7 nitrogen and oxygen atoms in total. The number of nitrogens with zero attached hydrogens (tertiary/aromatic N) is 3. The molecule has 0 amide bonds. The number of rotatable bonds is 7. The fraction of sp³-hybridized carbons (Fsp3) is 0.174. The third kappa shape index (κ3) is 4.83. The van der Waals surface area contributed by atoms with Crippen LogP contribution in [-0.2, 0) is 0 Å². The second kappa shape index (κ2) is 9.01. The normalized spacial score (nSPS) is 11.8. The lowest BCUT2D eigenvalue weighted by atomic mass is 10.1. The lowest BCUT2D eigenvalue weighted by Crippen LogP contribution is -2.11. The number of aromatic amines is 1. The van der Waals surface area contributed by atoms with Gasteiger partial charge in [0.2, 0.25) is 0 Å². The first-order chi connectivity index (χ1) is 15.4. The minimum atomic E-state index is -0.615. The number of hydrogen-bond acceptors (Lipinski definition) is 6. The number of benzene rings is 2. The second-order valence-corrected chi connectivity index (χ2v) is 7.24. The highest BCUT2D eigenvalue weighted by atomic mass is 19.1. The van der Waals surface area contributed by atoms with Gasteiger partial charge in [-0.2, -0.15) is 5.10 Å². The minimum absolute atomic E-state index is 0.341. The molecule has 2 aromatic carbocycles. The maximum atomic E-state index is 14.1. The van der Waals surface area contributed by atoms with Crippen molar-refractivity contribution >= 4 is 17.5 Å². The van der Waals surface area contributed by atoms with E-state index in [1.165, 1.54) is 12.1 Å². The predicted octanol–water partition coefficient (Wildman–Crippen LogP) is 5.38. The lowest BCUT2D eigenvalue weighted by molar-refractivity contribution is 0.415. The summed E-state index contributed by atoms with van der Waals surface area (Å²) in [4.78, 5) is 8.75. The summed E-state index contributed by atoms with van der Waals surface area (Å²) in [6, 6.07) is 14.3. The molecule has 4 aromatic rings. The van der Waals surface area contributed by atoms with Crippen molar-refractivity contribution in [3.63, 3.8) is 0 Å². The molecule has 32 heavy (non-hydrogen) atoms. The van der Waals surface area contributed by atoms with E-state index in [4.69, 9.17) is 4.74 Å². The summed E-state index contributed by atoms with van der Waals surface area (Å²) in [5.74, 6) is 1.68. The van der Waals surface area contributed by atoms with Crippen molar-refractivity contribution in [1.29, 1.82) is 0 Å². The van der Waals surface area contributed by atoms with Crippen LogP contribution in [0.4, 0.5) is 26.2 Å². The topological polar surface area (TPSA) is 87.8 Å². The molecule has 9 heteroatoms. The molecule has 0 bridgehead atoms. The van der Waals surface area contributed by atoms with Gasteiger partial charge in [0.05, 0.1) is 18.8 Å². The molecule has 164 valence electrons. The van der Waals surface area contributed by atoms with Gasteiger partial charge in [-0.25, -0.2) is 18.7 Å². The number of nitrogens with one attached hydrogen (secondary N) is 3. The molecule has 2 aromatic heterocycles. The van der Waals surface area contributed by atoms with E-state index in [1.807, 2.05) is 30.3 Å². The molecular weight excluding hydrogens is 414 g/mol. The van der Waals surface area contributed by atoms with Gasteiger partial charge in [-0.05, 0) is 49.7 Å². The molecule has 3 N–H and O–H groups in total. The van der Waals surface area contributed by atoms with Crippen LogP contribution in [0.2, 0.25) is 0 Å². The van der Waals surface area contributed by atoms with E-state index < -0.39 is 17.7 Å². The number of H-pyrrole nitrogens is 1. The molecular formula is C23H22F2N6O. The summed E-state index contributed by atoms with van der Waals surface area (Å²) in [6.07, 6.45) is 0. The standard InChI is InChI=1S/C23H22F2N6O/c1-13(18-9-6-16(24)10-19(18)25)26-21-12-22(28-14(2)27-21)29-23-11-20(30-31-23)15-4-7-17(32-3)8-5-15/h4-13H,1-3H3,(H3,26,27,28,29,30,31). The zero-order valence-electron chi connectivity index (χ0n) is 17.8. The Morgan fingerprint density at radius 2 is 1.69 bits per heavy atom. The van der Waals surface area contributed by atoms with Crippen molar-refractivity contribution in [2.75, 3.05) is 17.7 Å². The zero-order chi connectivity index (χ0) is 22.7. The highest BCUT2D eigenvalue weighted by Gasteiger charge is 2.14. The minimum Gasteiger partial charge on any atom is -0.497 e. The van der Waals surface area contributed by atoms with E-state index in [9.17, 15) is 8.78 Å². The van der Waals surface area contributed by atoms with E-state index in [0.29, 0.717) is 28.8 Å². The van der Waals surface area contributed by atoms with Gasteiger partial charge in [0.25, 0.3) is 0 Å². The highest BCUT2D eigenvalue weighted by Crippen LogP contribution is 2.26. The second-order valence-electron chi connectivity index (χ2n) is 7.24. The molecule has 0 spiro atoms. The van der Waals surface area contributed by atoms with Crippen molar-refractivity contribution in [3.8, 4) is 17.0 Å². The maximum absolute atomic E-state index is 14.1. The fourth-order valence-electron chi connectivity index (χ4n) is 3.29. The van der Waals surface area contributed by atoms with E-state index >= 15 is 0 Å². The number of anilines is 3. The summed E-state index contributed by atoms with van der Waals surface area (Å²) >= 11 is 0. The lowest BCUT2D eigenvalue weighted by Gasteiger charge is -2.16. The first-order valence-electron chi connectivity index (χ1n) is 9.95. The molecule has 0 aliphatic rings. The monoisotopic (exact) mass is 436 g/mol. The largest absolute Gasteiger partial charge is 0.497 e. The van der Waals surface area contributed by atoms with Gasteiger partial charge in [-0.3, -0.25) is 5.10 Å². The van der Waals surface area contributed by atoms with Crippen LogP contribution >= 0.6 is 0 Å². The van der Waals surface area contributed by atoms with Gasteiger partial charge in [0.1, 0.15) is 34.8 Å². The quantitative estimate of drug-likeness (QED) is 0.361. The Kier molecular flexibility index (Phi) is 5.98. The van der Waals surface area contributed by atoms with Crippen LogP contribution in [0.25, 0.3) is 11.3 Å². The van der Waals surface area contributed by atoms with Gasteiger partial charge in [0, 0.05) is 23.8 Å². The summed E-state index contributed by atoms with van der Waals surface area (Å²) in [5, 5.41) is 13.6. The molecule has 0 radical (unpaired) electrons. The maximum Gasteiger partial charge on any atom is 0.153 e. The van der Waals surface area contributed by atoms with Crippen LogP contribution in [0.1, 0.15) is 24.4 Å². The SMILES string of the molecule is COc1ccc(-c2cc(Nc3cc(NC(C)c4ccc(F)cc4F)nc(C)n3)n[nH]2)cc1. The Hall–Kier alpha value is -4.01. The Balaban J connectivity index is 1.50. The number of aromatic nitrogens is 4. The molecule has 0 aliphatic carbocycles. The first kappa shape index (κ1) is 21.2. The summed E-state index contributed by atoms with van der Waals surface area (Å²) in [5.41, 5.74) is 2.14. The molecule has 4 rings (SSSR count). The van der Waals surface area contributed by atoms with Gasteiger partial charge < -0.3 is 15.4 Å². The summed E-state index contributed by atoms with van der Waals surface area (Å²) in [6.45, 7) is 3.53. The zero-order valence-corrected chi connectivity index (χ0v) is 17.8. The third-order valence-corrected chi connectivity index (χ3v) is 4.87. The Morgan fingerprint density at radius 1 is 0.938 bits per heavy atom. The fourth-order valence-corrected chi connectivity index (χ4v) is 3.29.